The quantitative estimate of drug-likeness (QED) is 0.782. The van der Waals surface area contributed by atoms with Crippen LogP contribution >= 0.6 is 0 Å². The first-order valence-electron chi connectivity index (χ1n) is 8.72. The van der Waals surface area contributed by atoms with E-state index in [2.05, 4.69) is 37.4 Å². The van der Waals surface area contributed by atoms with Crippen LogP contribution in [0.1, 0.15) is 12.8 Å². The van der Waals surface area contributed by atoms with Gasteiger partial charge in [0.05, 0.1) is 17.4 Å². The second kappa shape index (κ2) is 7.13. The van der Waals surface area contributed by atoms with Gasteiger partial charge in [0.15, 0.2) is 5.82 Å². The number of rotatable bonds is 3. The van der Waals surface area contributed by atoms with Gasteiger partial charge in [-0.2, -0.15) is 0 Å². The van der Waals surface area contributed by atoms with Crippen LogP contribution < -0.4 is 5.32 Å². The molecule has 0 atom stereocenters. The summed E-state index contributed by atoms with van der Waals surface area (Å²) in [6.07, 6.45) is 6.78. The Kier molecular flexibility index (Phi) is 4.53. The Morgan fingerprint density at radius 2 is 2.00 bits per heavy atom. The standard InChI is InChI=1S/C19H20N6O/c1-25-8-4-13(5-9-25)19(26)22-18-11-15-10-14(2-3-16(15)23-24-18)17-12-20-6-7-21-17/h2-3,6-7,10-13H,4-5,8-9H2,1H3,(H,22,24,26). The van der Waals surface area contributed by atoms with E-state index in [1.807, 2.05) is 24.3 Å². The van der Waals surface area contributed by atoms with Crippen LogP contribution in [0.5, 0.6) is 0 Å². The summed E-state index contributed by atoms with van der Waals surface area (Å²) in [6, 6.07) is 7.68. The fourth-order valence-electron chi connectivity index (χ4n) is 3.21. The Hall–Kier alpha value is -2.93. The zero-order valence-electron chi connectivity index (χ0n) is 14.6. The van der Waals surface area contributed by atoms with E-state index < -0.39 is 0 Å². The van der Waals surface area contributed by atoms with E-state index in [0.29, 0.717) is 5.82 Å². The molecule has 0 radical (unpaired) electrons. The van der Waals surface area contributed by atoms with E-state index in [1.165, 1.54) is 0 Å². The predicted molar refractivity (Wildman–Crippen MR) is 99.4 cm³/mol. The highest BCUT2D eigenvalue weighted by atomic mass is 16.2. The highest BCUT2D eigenvalue weighted by Gasteiger charge is 2.23. The molecule has 7 nitrogen and oxygen atoms in total. The van der Waals surface area contributed by atoms with Crippen LogP contribution in [-0.2, 0) is 4.79 Å². The van der Waals surface area contributed by atoms with Gasteiger partial charge in [-0.15, -0.1) is 10.2 Å². The summed E-state index contributed by atoms with van der Waals surface area (Å²) in [4.78, 5) is 23.2. The lowest BCUT2D eigenvalue weighted by Gasteiger charge is -2.27. The van der Waals surface area contributed by atoms with Crippen LogP contribution in [0.3, 0.4) is 0 Å². The fraction of sp³-hybridized carbons (Fsp3) is 0.316. The first-order valence-corrected chi connectivity index (χ1v) is 8.72. The number of amides is 1. The van der Waals surface area contributed by atoms with Crippen molar-refractivity contribution >= 4 is 22.6 Å². The van der Waals surface area contributed by atoms with E-state index in [0.717, 1.165) is 48.1 Å². The van der Waals surface area contributed by atoms with Crippen LogP contribution in [0.4, 0.5) is 5.82 Å². The minimum absolute atomic E-state index is 0.0248. The van der Waals surface area contributed by atoms with E-state index in [1.54, 1.807) is 18.6 Å². The molecule has 1 N–H and O–H groups in total. The minimum Gasteiger partial charge on any atom is -0.309 e. The van der Waals surface area contributed by atoms with Crippen molar-refractivity contribution in [1.82, 2.24) is 25.1 Å². The van der Waals surface area contributed by atoms with Gasteiger partial charge in [0.2, 0.25) is 5.91 Å². The molecule has 1 aromatic carbocycles. The van der Waals surface area contributed by atoms with Crippen LogP contribution in [0, 0.1) is 5.92 Å². The third kappa shape index (κ3) is 3.52. The van der Waals surface area contributed by atoms with Gasteiger partial charge in [-0.1, -0.05) is 6.07 Å². The number of hydrogen-bond donors (Lipinski definition) is 1. The molecule has 26 heavy (non-hydrogen) atoms. The molecular formula is C19H20N6O. The topological polar surface area (TPSA) is 83.9 Å². The van der Waals surface area contributed by atoms with E-state index in [-0.39, 0.29) is 11.8 Å². The maximum absolute atomic E-state index is 12.5. The van der Waals surface area contributed by atoms with Gasteiger partial charge in [-0.05, 0) is 51.2 Å². The highest BCUT2D eigenvalue weighted by molar-refractivity contribution is 5.94. The number of nitrogens with one attached hydrogen (secondary N) is 1. The number of benzene rings is 1. The Bertz CT molecular complexity index is 922. The molecular weight excluding hydrogens is 328 g/mol. The van der Waals surface area contributed by atoms with Crippen molar-refractivity contribution < 1.29 is 4.79 Å². The molecule has 0 spiro atoms. The maximum Gasteiger partial charge on any atom is 0.228 e. The summed E-state index contributed by atoms with van der Waals surface area (Å²) >= 11 is 0. The van der Waals surface area contributed by atoms with Crippen molar-refractivity contribution in [2.75, 3.05) is 25.5 Å². The van der Waals surface area contributed by atoms with Crippen LogP contribution in [0.2, 0.25) is 0 Å². The number of aromatic nitrogens is 4. The van der Waals surface area contributed by atoms with Gasteiger partial charge in [0.25, 0.3) is 0 Å². The average molecular weight is 348 g/mol. The van der Waals surface area contributed by atoms with Gasteiger partial charge >= 0.3 is 0 Å². The van der Waals surface area contributed by atoms with Crippen molar-refractivity contribution in [2.24, 2.45) is 5.92 Å². The van der Waals surface area contributed by atoms with Gasteiger partial charge in [-0.25, -0.2) is 0 Å². The molecule has 7 heteroatoms. The molecule has 0 aliphatic carbocycles. The SMILES string of the molecule is CN1CCC(C(=O)Nc2cc3cc(-c4cnccn4)ccc3nn2)CC1. The highest BCUT2D eigenvalue weighted by Crippen LogP contribution is 2.23. The van der Waals surface area contributed by atoms with E-state index in [9.17, 15) is 4.79 Å². The number of fused-ring (bicyclic) bond motifs is 1. The van der Waals surface area contributed by atoms with Crippen LogP contribution in [0.25, 0.3) is 22.2 Å². The molecule has 1 aliphatic heterocycles. The van der Waals surface area contributed by atoms with Crippen LogP contribution in [0.15, 0.2) is 42.9 Å². The molecule has 3 aromatic rings. The third-order valence-corrected chi connectivity index (χ3v) is 4.78. The molecule has 1 amide bonds. The Balaban J connectivity index is 1.55. The smallest absolute Gasteiger partial charge is 0.228 e. The van der Waals surface area contributed by atoms with Crippen molar-refractivity contribution in [2.45, 2.75) is 12.8 Å². The Labute approximate surface area is 151 Å². The molecule has 3 heterocycles. The van der Waals surface area contributed by atoms with Crippen molar-refractivity contribution in [1.29, 1.82) is 0 Å². The lowest BCUT2D eigenvalue weighted by molar-refractivity contribution is -0.121. The summed E-state index contributed by atoms with van der Waals surface area (Å²) in [5.74, 6) is 0.546. The number of carbonyl (C=O) groups is 1. The van der Waals surface area contributed by atoms with Gasteiger partial charge in [0.1, 0.15) is 0 Å². The molecule has 1 saturated heterocycles. The average Bonchev–Trinajstić information content (AvgIpc) is 2.68. The lowest BCUT2D eigenvalue weighted by Crippen LogP contribution is -2.36. The van der Waals surface area contributed by atoms with Crippen molar-refractivity contribution in [3.05, 3.63) is 42.9 Å². The van der Waals surface area contributed by atoms with E-state index in [4.69, 9.17) is 0 Å². The number of carbonyl (C=O) groups excluding carboxylic acids is 1. The van der Waals surface area contributed by atoms with E-state index >= 15 is 0 Å². The summed E-state index contributed by atoms with van der Waals surface area (Å²) in [7, 11) is 2.08. The first-order chi connectivity index (χ1) is 12.7. The summed E-state index contributed by atoms with van der Waals surface area (Å²) in [6.45, 7) is 1.89. The molecule has 1 aliphatic rings. The zero-order valence-corrected chi connectivity index (χ0v) is 14.6. The van der Waals surface area contributed by atoms with Crippen LogP contribution in [-0.4, -0.2) is 51.1 Å². The first kappa shape index (κ1) is 16.5. The monoisotopic (exact) mass is 348 g/mol. The molecule has 0 saturated carbocycles. The maximum atomic E-state index is 12.5. The summed E-state index contributed by atoms with van der Waals surface area (Å²) < 4.78 is 0. The number of nitrogens with zero attached hydrogens (tertiary/aromatic N) is 5. The summed E-state index contributed by atoms with van der Waals surface area (Å²) in [5.41, 5.74) is 2.52. The lowest BCUT2D eigenvalue weighted by atomic mass is 9.96. The summed E-state index contributed by atoms with van der Waals surface area (Å²) in [5, 5.41) is 12.2. The van der Waals surface area contributed by atoms with Gasteiger partial charge < -0.3 is 10.2 Å². The predicted octanol–water partition coefficient (Wildman–Crippen LogP) is 2.37. The third-order valence-electron chi connectivity index (χ3n) is 4.78. The Morgan fingerprint density at radius 1 is 1.15 bits per heavy atom. The largest absolute Gasteiger partial charge is 0.309 e. The molecule has 0 bridgehead atoms. The zero-order chi connectivity index (χ0) is 17.9. The molecule has 1 fully saturated rings. The number of likely N-dealkylation sites (tertiary alicyclic amines) is 1. The molecule has 2 aromatic heterocycles. The van der Waals surface area contributed by atoms with Crippen molar-refractivity contribution in [3.8, 4) is 11.3 Å². The normalized spacial score (nSPS) is 15.9. The molecule has 4 rings (SSSR count). The van der Waals surface area contributed by atoms with Gasteiger partial charge in [-0.3, -0.25) is 14.8 Å². The Morgan fingerprint density at radius 3 is 2.77 bits per heavy atom. The number of hydrogen-bond acceptors (Lipinski definition) is 6. The molecule has 132 valence electrons. The van der Waals surface area contributed by atoms with Gasteiger partial charge in [0, 0.05) is 29.3 Å². The minimum atomic E-state index is 0.0248. The number of anilines is 1. The fourth-order valence-corrected chi connectivity index (χ4v) is 3.21. The van der Waals surface area contributed by atoms with Crippen molar-refractivity contribution in [3.63, 3.8) is 0 Å². The number of piperidine rings is 1. The second-order valence-electron chi connectivity index (χ2n) is 6.66. The second-order valence-corrected chi connectivity index (χ2v) is 6.66. The molecule has 0 unspecified atom stereocenters.